The van der Waals surface area contributed by atoms with Crippen LogP contribution in [0.2, 0.25) is 0 Å². The molecular weight excluding hydrogens is 311 g/mol. The van der Waals surface area contributed by atoms with Crippen molar-refractivity contribution in [3.8, 4) is 11.5 Å². The molecule has 0 aliphatic rings. The zero-order valence-corrected chi connectivity index (χ0v) is 11.8. The van der Waals surface area contributed by atoms with Gasteiger partial charge in [0.1, 0.15) is 23.2 Å². The monoisotopic (exact) mass is 322 g/mol. The van der Waals surface area contributed by atoms with Gasteiger partial charge in [-0.05, 0) is 58.7 Å². The zero-order chi connectivity index (χ0) is 14.0. The van der Waals surface area contributed by atoms with Crippen LogP contribution in [0, 0.1) is 18.2 Å². The first-order valence-electron chi connectivity index (χ1n) is 5.55. The van der Waals surface area contributed by atoms with Crippen LogP contribution in [-0.2, 0) is 0 Å². The summed E-state index contributed by atoms with van der Waals surface area (Å²) in [4.78, 5) is 0. The maximum atomic E-state index is 13.2. The molecule has 2 aromatic carbocycles. The summed E-state index contributed by atoms with van der Waals surface area (Å²) in [5.41, 5.74) is 6.94. The van der Waals surface area contributed by atoms with Crippen LogP contribution in [0.25, 0.3) is 0 Å². The summed E-state index contributed by atoms with van der Waals surface area (Å²) in [6.07, 6.45) is 0. The molecule has 19 heavy (non-hydrogen) atoms. The summed E-state index contributed by atoms with van der Waals surface area (Å²) in [6, 6.07) is 9.40. The Labute approximate surface area is 118 Å². The van der Waals surface area contributed by atoms with Crippen LogP contribution in [-0.4, -0.2) is 5.84 Å². The molecule has 0 spiro atoms. The molecule has 0 aliphatic heterocycles. The molecule has 2 aromatic rings. The molecule has 0 saturated carbocycles. The second-order valence-electron chi connectivity index (χ2n) is 4.07. The van der Waals surface area contributed by atoms with Gasteiger partial charge in [-0.2, -0.15) is 0 Å². The molecule has 98 valence electrons. The van der Waals surface area contributed by atoms with Crippen LogP contribution >= 0.6 is 15.9 Å². The molecule has 0 fully saturated rings. The first-order valence-corrected chi connectivity index (χ1v) is 6.34. The third kappa shape index (κ3) is 3.12. The molecule has 0 aromatic heterocycles. The quantitative estimate of drug-likeness (QED) is 0.663. The number of rotatable bonds is 3. The third-order valence-corrected chi connectivity index (χ3v) is 3.26. The smallest absolute Gasteiger partial charge is 0.144 e. The predicted octanol–water partition coefficient (Wildman–Crippen LogP) is 3.97. The Morgan fingerprint density at radius 2 is 2.00 bits per heavy atom. The van der Waals surface area contributed by atoms with Crippen LogP contribution in [0.3, 0.4) is 0 Å². The van der Waals surface area contributed by atoms with Gasteiger partial charge in [-0.25, -0.2) is 4.39 Å². The molecular formula is C14H12BrFN2O. The van der Waals surface area contributed by atoms with E-state index in [0.717, 1.165) is 5.56 Å². The van der Waals surface area contributed by atoms with Gasteiger partial charge in [-0.3, -0.25) is 5.41 Å². The van der Waals surface area contributed by atoms with Gasteiger partial charge in [0.15, 0.2) is 0 Å². The highest BCUT2D eigenvalue weighted by molar-refractivity contribution is 9.10. The molecule has 0 saturated heterocycles. The number of benzene rings is 2. The number of nitrogen functional groups attached to an aromatic ring is 1. The van der Waals surface area contributed by atoms with Crippen molar-refractivity contribution in [2.75, 3.05) is 0 Å². The molecule has 0 unspecified atom stereocenters. The van der Waals surface area contributed by atoms with Gasteiger partial charge < -0.3 is 10.5 Å². The Bertz CT molecular complexity index is 643. The summed E-state index contributed by atoms with van der Waals surface area (Å²) in [6.45, 7) is 1.84. The van der Waals surface area contributed by atoms with Crippen LogP contribution in [0.5, 0.6) is 11.5 Å². The van der Waals surface area contributed by atoms with Gasteiger partial charge in [-0.15, -0.1) is 0 Å². The predicted molar refractivity (Wildman–Crippen MR) is 76.4 cm³/mol. The molecule has 0 bridgehead atoms. The second kappa shape index (κ2) is 5.40. The van der Waals surface area contributed by atoms with Crippen LogP contribution < -0.4 is 10.5 Å². The maximum absolute atomic E-state index is 13.2. The van der Waals surface area contributed by atoms with Crippen LogP contribution in [0.15, 0.2) is 40.9 Å². The van der Waals surface area contributed by atoms with Crippen LogP contribution in [0.1, 0.15) is 11.1 Å². The van der Waals surface area contributed by atoms with Gasteiger partial charge in [-0.1, -0.05) is 0 Å². The summed E-state index contributed by atoms with van der Waals surface area (Å²) >= 11 is 3.30. The number of hydrogen-bond acceptors (Lipinski definition) is 2. The Morgan fingerprint density at radius 1 is 1.26 bits per heavy atom. The maximum Gasteiger partial charge on any atom is 0.144 e. The minimum absolute atomic E-state index is 0.0102. The van der Waals surface area contributed by atoms with E-state index in [0.29, 0.717) is 21.5 Å². The molecule has 0 aliphatic carbocycles. The number of hydrogen-bond donors (Lipinski definition) is 2. The molecule has 0 amide bonds. The number of nitrogens with two attached hydrogens (primary N) is 1. The molecule has 0 atom stereocenters. The van der Waals surface area contributed by atoms with E-state index in [2.05, 4.69) is 15.9 Å². The van der Waals surface area contributed by atoms with Crippen molar-refractivity contribution in [2.45, 2.75) is 6.92 Å². The van der Waals surface area contributed by atoms with Gasteiger partial charge in [0.05, 0.1) is 4.47 Å². The SMILES string of the molecule is Cc1cc(Oc2cc(F)ccc2Br)ccc1C(=N)N. The number of amidine groups is 1. The Morgan fingerprint density at radius 3 is 2.63 bits per heavy atom. The van der Waals surface area contributed by atoms with E-state index < -0.39 is 0 Å². The Kier molecular flexibility index (Phi) is 3.85. The fourth-order valence-corrected chi connectivity index (χ4v) is 2.01. The Hall–Kier alpha value is -1.88. The van der Waals surface area contributed by atoms with Crippen molar-refractivity contribution in [3.63, 3.8) is 0 Å². The molecule has 2 rings (SSSR count). The van der Waals surface area contributed by atoms with Crippen molar-refractivity contribution in [2.24, 2.45) is 5.73 Å². The van der Waals surface area contributed by atoms with E-state index >= 15 is 0 Å². The van der Waals surface area contributed by atoms with Crippen LogP contribution in [0.4, 0.5) is 4.39 Å². The minimum atomic E-state index is -0.365. The minimum Gasteiger partial charge on any atom is -0.456 e. The van der Waals surface area contributed by atoms with Crippen molar-refractivity contribution in [1.29, 1.82) is 5.41 Å². The number of aryl methyl sites for hydroxylation is 1. The summed E-state index contributed by atoms with van der Waals surface area (Å²) < 4.78 is 19.4. The molecule has 5 heteroatoms. The lowest BCUT2D eigenvalue weighted by molar-refractivity contribution is 0.473. The van der Waals surface area contributed by atoms with Gasteiger partial charge in [0, 0.05) is 11.6 Å². The highest BCUT2D eigenvalue weighted by Crippen LogP contribution is 2.31. The Balaban J connectivity index is 2.31. The summed E-state index contributed by atoms with van der Waals surface area (Å²) in [5.74, 6) is 0.607. The van der Waals surface area contributed by atoms with Crippen molar-refractivity contribution in [3.05, 3.63) is 57.8 Å². The first-order chi connectivity index (χ1) is 8.97. The largest absolute Gasteiger partial charge is 0.456 e. The van der Waals surface area contributed by atoms with Crippen molar-refractivity contribution >= 4 is 21.8 Å². The zero-order valence-electron chi connectivity index (χ0n) is 10.2. The standard InChI is InChI=1S/C14H12BrFN2O/c1-8-6-10(3-4-11(8)14(17)18)19-13-7-9(16)2-5-12(13)15/h2-7H,1H3,(H3,17,18). The number of halogens is 2. The first kappa shape index (κ1) is 13.5. The highest BCUT2D eigenvalue weighted by Gasteiger charge is 2.07. The van der Waals surface area contributed by atoms with E-state index in [1.807, 2.05) is 6.92 Å². The number of nitrogens with one attached hydrogen (secondary N) is 1. The summed E-state index contributed by atoms with van der Waals surface area (Å²) in [7, 11) is 0. The van der Waals surface area contributed by atoms with Crippen molar-refractivity contribution in [1.82, 2.24) is 0 Å². The molecule has 3 N–H and O–H groups in total. The van der Waals surface area contributed by atoms with E-state index in [1.54, 1.807) is 24.3 Å². The second-order valence-corrected chi connectivity index (χ2v) is 4.92. The normalized spacial score (nSPS) is 10.3. The van der Waals surface area contributed by atoms with Gasteiger partial charge >= 0.3 is 0 Å². The van der Waals surface area contributed by atoms with E-state index in [9.17, 15) is 4.39 Å². The third-order valence-electron chi connectivity index (χ3n) is 2.61. The highest BCUT2D eigenvalue weighted by atomic mass is 79.9. The number of ether oxygens (including phenoxy) is 1. The topological polar surface area (TPSA) is 59.1 Å². The molecule has 0 heterocycles. The summed E-state index contributed by atoms with van der Waals surface area (Å²) in [5, 5.41) is 7.41. The van der Waals surface area contributed by atoms with E-state index in [4.69, 9.17) is 15.9 Å². The fourth-order valence-electron chi connectivity index (χ4n) is 1.68. The van der Waals surface area contributed by atoms with Gasteiger partial charge in [0.25, 0.3) is 0 Å². The average molecular weight is 323 g/mol. The van der Waals surface area contributed by atoms with Crippen molar-refractivity contribution < 1.29 is 9.13 Å². The lowest BCUT2D eigenvalue weighted by Crippen LogP contribution is -2.12. The fraction of sp³-hybridized carbons (Fsp3) is 0.0714. The van der Waals surface area contributed by atoms with Gasteiger partial charge in [0.2, 0.25) is 0 Å². The lowest BCUT2D eigenvalue weighted by Gasteiger charge is -2.10. The van der Waals surface area contributed by atoms with E-state index in [1.165, 1.54) is 12.1 Å². The average Bonchev–Trinajstić information content (AvgIpc) is 2.33. The molecule has 0 radical (unpaired) electrons. The molecule has 3 nitrogen and oxygen atoms in total. The van der Waals surface area contributed by atoms with E-state index in [-0.39, 0.29) is 11.7 Å². The lowest BCUT2D eigenvalue weighted by atomic mass is 10.1.